The fourth-order valence-corrected chi connectivity index (χ4v) is 3.00. The van der Waals surface area contributed by atoms with Gasteiger partial charge >= 0.3 is 0 Å². The minimum atomic E-state index is -0.269. The molecule has 0 spiro atoms. The van der Waals surface area contributed by atoms with E-state index in [1.807, 2.05) is 0 Å². The van der Waals surface area contributed by atoms with E-state index in [0.717, 1.165) is 0 Å². The van der Waals surface area contributed by atoms with Gasteiger partial charge in [0, 0.05) is 31.1 Å². The number of halogens is 2. The molecule has 5 nitrogen and oxygen atoms in total. The van der Waals surface area contributed by atoms with Crippen molar-refractivity contribution in [3.8, 4) is 0 Å². The van der Waals surface area contributed by atoms with Gasteiger partial charge in [0.05, 0.1) is 15.7 Å². The molecule has 0 aliphatic carbocycles. The molecule has 0 fully saturated rings. The van der Waals surface area contributed by atoms with E-state index in [9.17, 15) is 14.4 Å². The maximum atomic E-state index is 12.2. The molecule has 0 unspecified atom stereocenters. The standard InChI is InChI=1S/C19H18Cl2N2O3/c1-12(24)14-6-8-15(9-7-14)22-18(26)10-11-23(13(2)25)19-16(20)4-3-5-17(19)21/h3-9H,10-11H2,1-2H3,(H,22,26). The van der Waals surface area contributed by atoms with Crippen LogP contribution < -0.4 is 10.2 Å². The Balaban J connectivity index is 2.04. The van der Waals surface area contributed by atoms with Gasteiger partial charge in [-0.25, -0.2) is 0 Å². The van der Waals surface area contributed by atoms with Crippen LogP contribution in [0.5, 0.6) is 0 Å². The number of nitrogens with one attached hydrogen (secondary N) is 1. The molecule has 0 saturated heterocycles. The van der Waals surface area contributed by atoms with Crippen molar-refractivity contribution in [3.63, 3.8) is 0 Å². The molecule has 0 aromatic heterocycles. The van der Waals surface area contributed by atoms with Crippen LogP contribution in [0, 0.1) is 0 Å². The van der Waals surface area contributed by atoms with Crippen molar-refractivity contribution in [1.82, 2.24) is 0 Å². The van der Waals surface area contributed by atoms with Crippen molar-refractivity contribution < 1.29 is 14.4 Å². The van der Waals surface area contributed by atoms with Crippen molar-refractivity contribution in [3.05, 3.63) is 58.1 Å². The number of Topliss-reactive ketones (excluding diaryl/α,β-unsaturated/α-hetero) is 1. The molecule has 2 aromatic carbocycles. The van der Waals surface area contributed by atoms with Gasteiger partial charge < -0.3 is 10.2 Å². The van der Waals surface area contributed by atoms with Gasteiger partial charge in [0.15, 0.2) is 5.78 Å². The SMILES string of the molecule is CC(=O)c1ccc(NC(=O)CCN(C(C)=O)c2c(Cl)cccc2Cl)cc1. The summed E-state index contributed by atoms with van der Waals surface area (Å²) in [6.07, 6.45) is 0.0651. The molecule has 1 N–H and O–H groups in total. The second-order valence-corrected chi connectivity index (χ2v) is 6.49. The van der Waals surface area contributed by atoms with Crippen molar-refractivity contribution in [2.24, 2.45) is 0 Å². The summed E-state index contributed by atoms with van der Waals surface area (Å²) in [5.74, 6) is -0.579. The number of hydrogen-bond donors (Lipinski definition) is 1. The normalized spacial score (nSPS) is 10.3. The van der Waals surface area contributed by atoms with Gasteiger partial charge in [-0.3, -0.25) is 14.4 Å². The molecule has 0 aliphatic rings. The number of para-hydroxylation sites is 1. The summed E-state index contributed by atoms with van der Waals surface area (Å²) in [6, 6.07) is 11.5. The number of amides is 2. The maximum absolute atomic E-state index is 12.2. The summed E-state index contributed by atoms with van der Waals surface area (Å²) < 4.78 is 0. The molecule has 0 aliphatic heterocycles. The van der Waals surface area contributed by atoms with Crippen LogP contribution >= 0.6 is 23.2 Å². The molecule has 2 aromatic rings. The van der Waals surface area contributed by atoms with Crippen molar-refractivity contribution in [1.29, 1.82) is 0 Å². The number of rotatable bonds is 6. The molecular formula is C19H18Cl2N2O3. The third-order valence-corrected chi connectivity index (χ3v) is 4.34. The number of anilines is 2. The summed E-state index contributed by atoms with van der Waals surface area (Å²) in [5, 5.41) is 3.41. The first-order valence-corrected chi connectivity index (χ1v) is 8.68. The quantitative estimate of drug-likeness (QED) is 0.731. The largest absolute Gasteiger partial charge is 0.326 e. The van der Waals surface area contributed by atoms with Crippen LogP contribution in [0.1, 0.15) is 30.6 Å². The molecule has 2 amide bonds. The van der Waals surface area contributed by atoms with Crippen LogP contribution in [0.4, 0.5) is 11.4 Å². The minimum Gasteiger partial charge on any atom is -0.326 e. The fourth-order valence-electron chi connectivity index (χ4n) is 2.40. The maximum Gasteiger partial charge on any atom is 0.226 e. The molecule has 7 heteroatoms. The van der Waals surface area contributed by atoms with Gasteiger partial charge in [-0.2, -0.15) is 0 Å². The predicted octanol–water partition coefficient (Wildman–Crippen LogP) is 4.58. The van der Waals surface area contributed by atoms with Crippen molar-refractivity contribution >= 4 is 52.2 Å². The van der Waals surface area contributed by atoms with E-state index in [0.29, 0.717) is 27.0 Å². The lowest BCUT2D eigenvalue weighted by Crippen LogP contribution is -2.32. The minimum absolute atomic E-state index is 0.0448. The molecule has 0 heterocycles. The average Bonchev–Trinajstić information content (AvgIpc) is 2.57. The average molecular weight is 393 g/mol. The van der Waals surface area contributed by atoms with Gasteiger partial charge in [0.2, 0.25) is 11.8 Å². The lowest BCUT2D eigenvalue weighted by Gasteiger charge is -2.23. The Morgan fingerprint density at radius 3 is 2.04 bits per heavy atom. The second kappa shape index (κ2) is 8.83. The molecule has 26 heavy (non-hydrogen) atoms. The van der Waals surface area contributed by atoms with E-state index in [2.05, 4.69) is 5.32 Å². The van der Waals surface area contributed by atoms with E-state index in [1.165, 1.54) is 18.7 Å². The predicted molar refractivity (Wildman–Crippen MR) is 104 cm³/mol. The molecule has 0 bridgehead atoms. The first-order valence-electron chi connectivity index (χ1n) is 7.92. The highest BCUT2D eigenvalue weighted by Gasteiger charge is 2.19. The van der Waals surface area contributed by atoms with Gasteiger partial charge in [0.1, 0.15) is 0 Å². The number of carbonyl (C=O) groups is 3. The Kier molecular flexibility index (Phi) is 6.77. The highest BCUT2D eigenvalue weighted by atomic mass is 35.5. The Morgan fingerprint density at radius 1 is 0.962 bits per heavy atom. The number of ketones is 1. The zero-order valence-corrected chi connectivity index (χ0v) is 15.9. The lowest BCUT2D eigenvalue weighted by molar-refractivity contribution is -0.117. The Bertz CT molecular complexity index is 815. The fraction of sp³-hybridized carbons (Fsp3) is 0.211. The highest BCUT2D eigenvalue weighted by molar-refractivity contribution is 6.39. The Hall–Kier alpha value is -2.37. The van der Waals surface area contributed by atoms with Crippen molar-refractivity contribution in [2.45, 2.75) is 20.3 Å². The van der Waals surface area contributed by atoms with Crippen LogP contribution in [-0.4, -0.2) is 24.1 Å². The third-order valence-electron chi connectivity index (χ3n) is 3.73. The van der Waals surface area contributed by atoms with E-state index in [-0.39, 0.29) is 30.6 Å². The third kappa shape index (κ3) is 5.07. The summed E-state index contributed by atoms with van der Waals surface area (Å²) in [4.78, 5) is 36.8. The zero-order chi connectivity index (χ0) is 19.3. The van der Waals surface area contributed by atoms with E-state index >= 15 is 0 Å². The van der Waals surface area contributed by atoms with Crippen LogP contribution in [0.2, 0.25) is 10.0 Å². The molecule has 136 valence electrons. The van der Waals surface area contributed by atoms with Gasteiger partial charge in [-0.1, -0.05) is 29.3 Å². The smallest absolute Gasteiger partial charge is 0.226 e. The second-order valence-electron chi connectivity index (χ2n) is 5.67. The van der Waals surface area contributed by atoms with Crippen LogP contribution in [0.3, 0.4) is 0 Å². The number of hydrogen-bond acceptors (Lipinski definition) is 3. The highest BCUT2D eigenvalue weighted by Crippen LogP contribution is 2.33. The molecule has 0 radical (unpaired) electrons. The molecule has 0 atom stereocenters. The van der Waals surface area contributed by atoms with Gasteiger partial charge in [-0.15, -0.1) is 0 Å². The Labute approximate surface area is 161 Å². The molecule has 0 saturated carbocycles. The Morgan fingerprint density at radius 2 is 1.54 bits per heavy atom. The summed E-state index contributed by atoms with van der Waals surface area (Å²) in [6.45, 7) is 3.00. The molecule has 2 rings (SSSR count). The van der Waals surface area contributed by atoms with E-state index in [1.54, 1.807) is 42.5 Å². The van der Waals surface area contributed by atoms with Gasteiger partial charge in [0.25, 0.3) is 0 Å². The van der Waals surface area contributed by atoms with Crippen LogP contribution in [-0.2, 0) is 9.59 Å². The van der Waals surface area contributed by atoms with Gasteiger partial charge in [-0.05, 0) is 43.3 Å². The van der Waals surface area contributed by atoms with E-state index in [4.69, 9.17) is 23.2 Å². The molecular weight excluding hydrogens is 375 g/mol. The number of nitrogens with zero attached hydrogens (tertiary/aromatic N) is 1. The monoisotopic (exact) mass is 392 g/mol. The first-order chi connectivity index (χ1) is 12.3. The zero-order valence-electron chi connectivity index (χ0n) is 14.4. The van der Waals surface area contributed by atoms with Crippen molar-refractivity contribution in [2.75, 3.05) is 16.8 Å². The van der Waals surface area contributed by atoms with Crippen LogP contribution in [0.15, 0.2) is 42.5 Å². The number of benzene rings is 2. The summed E-state index contributed by atoms with van der Waals surface area (Å²) >= 11 is 12.3. The number of carbonyl (C=O) groups excluding carboxylic acids is 3. The van der Waals surface area contributed by atoms with Crippen LogP contribution in [0.25, 0.3) is 0 Å². The lowest BCUT2D eigenvalue weighted by atomic mass is 10.1. The first kappa shape index (κ1) is 19.9. The topological polar surface area (TPSA) is 66.5 Å². The summed E-state index contributed by atoms with van der Waals surface area (Å²) in [7, 11) is 0. The van der Waals surface area contributed by atoms with E-state index < -0.39 is 0 Å². The summed E-state index contributed by atoms with van der Waals surface area (Å²) in [5.41, 5.74) is 1.53.